The van der Waals surface area contributed by atoms with Gasteiger partial charge in [0.1, 0.15) is 34.4 Å². The first-order valence-corrected chi connectivity index (χ1v) is 14.7. The van der Waals surface area contributed by atoms with Crippen molar-refractivity contribution in [2.45, 2.75) is 11.8 Å². The molecule has 1 amide bonds. The highest BCUT2D eigenvalue weighted by Gasteiger charge is 2.24. The van der Waals surface area contributed by atoms with Crippen LogP contribution in [0.3, 0.4) is 0 Å². The Morgan fingerprint density at radius 2 is 1.65 bits per heavy atom. The summed E-state index contributed by atoms with van der Waals surface area (Å²) in [6, 6.07) is 12.6. The van der Waals surface area contributed by atoms with Gasteiger partial charge in [-0.2, -0.15) is 0 Å². The number of piperazine rings is 1. The lowest BCUT2D eigenvalue weighted by Gasteiger charge is -2.35. The molecule has 2 heterocycles. The maximum Gasteiger partial charge on any atom is 0.264 e. The van der Waals surface area contributed by atoms with E-state index >= 15 is 0 Å². The van der Waals surface area contributed by atoms with E-state index < -0.39 is 26.6 Å². The van der Waals surface area contributed by atoms with E-state index in [1.807, 2.05) is 18.2 Å². The minimum Gasteiger partial charge on any atom is -0.495 e. The molecular weight excluding hydrogens is 580 g/mol. The molecule has 1 aromatic heterocycles. The summed E-state index contributed by atoms with van der Waals surface area (Å²) >= 11 is 0. The third-order valence-electron chi connectivity index (χ3n) is 6.93. The summed E-state index contributed by atoms with van der Waals surface area (Å²) in [7, 11) is -3.04. The van der Waals surface area contributed by atoms with E-state index in [1.165, 1.54) is 32.5 Å². The quantitative estimate of drug-likeness (QED) is 0.296. The van der Waals surface area contributed by atoms with Gasteiger partial charge in [0.05, 0.1) is 18.3 Å². The Balaban J connectivity index is 1.43. The Bertz CT molecular complexity index is 1860. The van der Waals surface area contributed by atoms with Crippen LogP contribution in [0.4, 0.5) is 20.3 Å². The lowest BCUT2D eigenvalue weighted by molar-refractivity contribution is -0.126. The van der Waals surface area contributed by atoms with Gasteiger partial charge < -0.3 is 14.5 Å². The van der Waals surface area contributed by atoms with Crippen molar-refractivity contribution in [3.05, 3.63) is 84.7 Å². The van der Waals surface area contributed by atoms with Crippen molar-refractivity contribution >= 4 is 44.1 Å². The number of carbonyl (C=O) groups is 2. The number of rotatable bonds is 8. The summed E-state index contributed by atoms with van der Waals surface area (Å²) in [6.45, 7) is 3.32. The van der Waals surface area contributed by atoms with Gasteiger partial charge in [-0.3, -0.25) is 14.3 Å². The van der Waals surface area contributed by atoms with Crippen LogP contribution in [0.25, 0.3) is 22.0 Å². The molecule has 0 radical (unpaired) electrons. The molecule has 4 aromatic rings. The van der Waals surface area contributed by atoms with E-state index in [9.17, 15) is 26.8 Å². The summed E-state index contributed by atoms with van der Waals surface area (Å²) in [5.74, 6) is -1.66. The SMILES string of the molecule is COc1ccc(-c2ccc3ncnc(N4CCN(C(=O)/C=C/C(C)=O)CC4)c3c2)cc1NS(=O)(=O)c1ccc(F)cc1F. The molecule has 13 heteroatoms. The Morgan fingerprint density at radius 3 is 2.35 bits per heavy atom. The monoisotopic (exact) mass is 607 g/mol. The minimum absolute atomic E-state index is 0.0629. The number of ether oxygens (including phenoxy) is 1. The molecule has 1 saturated heterocycles. The molecular formula is C30H27F2N5O5S. The van der Waals surface area contributed by atoms with Crippen LogP contribution in [0.5, 0.6) is 5.75 Å². The maximum absolute atomic E-state index is 14.3. The summed E-state index contributed by atoms with van der Waals surface area (Å²) in [6.07, 6.45) is 4.01. The number of benzene rings is 3. The fourth-order valence-electron chi connectivity index (χ4n) is 4.77. The highest BCUT2D eigenvalue weighted by atomic mass is 32.2. The number of sulfonamides is 1. The van der Waals surface area contributed by atoms with Crippen molar-refractivity contribution < 1.29 is 31.5 Å². The van der Waals surface area contributed by atoms with Gasteiger partial charge in [0, 0.05) is 43.7 Å². The summed E-state index contributed by atoms with van der Waals surface area (Å²) in [4.78, 5) is 35.5. The summed E-state index contributed by atoms with van der Waals surface area (Å²) < 4.78 is 61.3. The number of allylic oxidation sites excluding steroid dienone is 1. The fourth-order valence-corrected chi connectivity index (χ4v) is 5.89. The molecule has 1 N–H and O–H groups in total. The zero-order chi connectivity index (χ0) is 30.7. The van der Waals surface area contributed by atoms with Crippen molar-refractivity contribution in [2.75, 3.05) is 42.9 Å². The average molecular weight is 608 g/mol. The molecule has 0 aliphatic carbocycles. The van der Waals surface area contributed by atoms with Crippen LogP contribution in [-0.2, 0) is 19.6 Å². The Labute approximate surface area is 246 Å². The van der Waals surface area contributed by atoms with E-state index in [2.05, 4.69) is 19.6 Å². The number of carbonyl (C=O) groups excluding carboxylic acids is 2. The van der Waals surface area contributed by atoms with Crippen LogP contribution < -0.4 is 14.4 Å². The molecule has 0 bridgehead atoms. The summed E-state index contributed by atoms with van der Waals surface area (Å²) in [5, 5.41) is 0.752. The molecule has 3 aromatic carbocycles. The molecule has 0 saturated carbocycles. The van der Waals surface area contributed by atoms with Crippen molar-refractivity contribution in [2.24, 2.45) is 0 Å². The topological polar surface area (TPSA) is 122 Å². The van der Waals surface area contributed by atoms with E-state index in [0.717, 1.165) is 23.1 Å². The van der Waals surface area contributed by atoms with Crippen LogP contribution in [0.15, 0.2) is 78.0 Å². The number of nitrogens with zero attached hydrogens (tertiary/aromatic N) is 4. The molecule has 43 heavy (non-hydrogen) atoms. The zero-order valence-electron chi connectivity index (χ0n) is 23.3. The number of fused-ring (bicyclic) bond motifs is 1. The van der Waals surface area contributed by atoms with Crippen molar-refractivity contribution in [1.29, 1.82) is 0 Å². The number of hydrogen-bond acceptors (Lipinski definition) is 8. The zero-order valence-corrected chi connectivity index (χ0v) is 24.1. The van der Waals surface area contributed by atoms with Crippen LogP contribution in [0.1, 0.15) is 6.92 Å². The number of anilines is 2. The lowest BCUT2D eigenvalue weighted by Crippen LogP contribution is -2.48. The number of amides is 1. The average Bonchev–Trinajstić information content (AvgIpc) is 2.99. The lowest BCUT2D eigenvalue weighted by atomic mass is 10.0. The molecule has 1 fully saturated rings. The number of ketones is 1. The van der Waals surface area contributed by atoms with Gasteiger partial charge in [-0.15, -0.1) is 0 Å². The van der Waals surface area contributed by atoms with Gasteiger partial charge in [-0.1, -0.05) is 12.1 Å². The normalized spacial score (nSPS) is 13.9. The molecule has 10 nitrogen and oxygen atoms in total. The molecule has 222 valence electrons. The molecule has 5 rings (SSSR count). The second-order valence-corrected chi connectivity index (χ2v) is 11.4. The first kappa shape index (κ1) is 29.6. The van der Waals surface area contributed by atoms with Crippen molar-refractivity contribution in [3.63, 3.8) is 0 Å². The van der Waals surface area contributed by atoms with E-state index in [0.29, 0.717) is 49.1 Å². The smallest absolute Gasteiger partial charge is 0.264 e. The van der Waals surface area contributed by atoms with Gasteiger partial charge in [-0.05, 0) is 60.5 Å². The number of hydrogen-bond donors (Lipinski definition) is 1. The number of halogens is 2. The fraction of sp³-hybridized carbons (Fsp3) is 0.200. The number of nitrogens with one attached hydrogen (secondary N) is 1. The molecule has 0 spiro atoms. The van der Waals surface area contributed by atoms with Gasteiger partial charge in [0.15, 0.2) is 5.78 Å². The molecule has 0 atom stereocenters. The van der Waals surface area contributed by atoms with Gasteiger partial charge in [0.25, 0.3) is 10.0 Å². The maximum atomic E-state index is 14.3. The van der Waals surface area contributed by atoms with Crippen LogP contribution in [0, 0.1) is 11.6 Å². The largest absolute Gasteiger partial charge is 0.495 e. The highest BCUT2D eigenvalue weighted by Crippen LogP contribution is 2.35. The molecule has 0 unspecified atom stereocenters. The Hall–Kier alpha value is -4.91. The van der Waals surface area contributed by atoms with Crippen LogP contribution >= 0.6 is 0 Å². The number of methoxy groups -OCH3 is 1. The Morgan fingerprint density at radius 1 is 0.930 bits per heavy atom. The third kappa shape index (κ3) is 6.46. The predicted octanol–water partition coefficient (Wildman–Crippen LogP) is 4.18. The standard InChI is InChI=1S/C30H27F2N5O5S/c1-19(38)3-10-29(39)36-11-13-37(14-12-36)30-23-15-20(4-7-25(23)33-18-34-30)21-5-8-27(42-2)26(16-21)35-43(40,41)28-9-6-22(31)17-24(28)32/h3-10,15-18,35H,11-14H2,1-2H3/b10-3+. The molecule has 1 aliphatic rings. The first-order chi connectivity index (χ1) is 20.6. The van der Waals surface area contributed by atoms with Gasteiger partial charge >= 0.3 is 0 Å². The molecule has 1 aliphatic heterocycles. The van der Waals surface area contributed by atoms with Crippen molar-refractivity contribution in [3.8, 4) is 16.9 Å². The second kappa shape index (κ2) is 12.1. The minimum atomic E-state index is -4.41. The third-order valence-corrected chi connectivity index (χ3v) is 8.33. The van der Waals surface area contributed by atoms with E-state index in [-0.39, 0.29) is 23.1 Å². The van der Waals surface area contributed by atoms with Crippen LogP contribution in [-0.4, -0.2) is 68.3 Å². The highest BCUT2D eigenvalue weighted by molar-refractivity contribution is 7.92. The first-order valence-electron chi connectivity index (χ1n) is 13.2. The van der Waals surface area contributed by atoms with Crippen LogP contribution in [0.2, 0.25) is 0 Å². The van der Waals surface area contributed by atoms with Gasteiger partial charge in [0.2, 0.25) is 5.91 Å². The number of aromatic nitrogens is 2. The summed E-state index contributed by atoms with van der Waals surface area (Å²) in [5.41, 5.74) is 2.11. The Kier molecular flexibility index (Phi) is 8.35. The predicted molar refractivity (Wildman–Crippen MR) is 157 cm³/mol. The second-order valence-electron chi connectivity index (χ2n) is 9.78. The van der Waals surface area contributed by atoms with E-state index in [1.54, 1.807) is 23.1 Å². The van der Waals surface area contributed by atoms with E-state index in [4.69, 9.17) is 4.74 Å². The van der Waals surface area contributed by atoms with Gasteiger partial charge in [-0.25, -0.2) is 27.2 Å². The van der Waals surface area contributed by atoms with Crippen molar-refractivity contribution in [1.82, 2.24) is 14.9 Å².